The maximum Gasteiger partial charge on any atom is 0.225 e. The standard InChI is InChI=1S/C17H20N2OS/c1-11-10-13(11)17(20)19-8-6-12(7-9-19)16-18-14-4-2-3-5-15(14)21-16/h2-5,11-13H,6-10H2,1H3. The second-order valence-electron chi connectivity index (χ2n) is 6.44. The molecule has 2 aromatic rings. The Morgan fingerprint density at radius 2 is 2.00 bits per heavy atom. The number of aromatic nitrogens is 1. The van der Waals surface area contributed by atoms with Crippen molar-refractivity contribution in [2.45, 2.75) is 32.1 Å². The molecule has 2 atom stereocenters. The third kappa shape index (κ3) is 2.46. The van der Waals surface area contributed by atoms with Gasteiger partial charge in [0.1, 0.15) is 0 Å². The summed E-state index contributed by atoms with van der Waals surface area (Å²) in [4.78, 5) is 19.1. The van der Waals surface area contributed by atoms with Crippen LogP contribution in [0.15, 0.2) is 24.3 Å². The predicted octanol–water partition coefficient (Wildman–Crippen LogP) is 3.66. The Kier molecular flexibility index (Phi) is 3.21. The lowest BCUT2D eigenvalue weighted by molar-refractivity contribution is -0.133. The first-order valence-electron chi connectivity index (χ1n) is 7.86. The average Bonchev–Trinajstić information content (AvgIpc) is 3.09. The van der Waals surface area contributed by atoms with Gasteiger partial charge < -0.3 is 4.90 Å². The second kappa shape index (κ2) is 5.09. The van der Waals surface area contributed by atoms with E-state index >= 15 is 0 Å². The summed E-state index contributed by atoms with van der Waals surface area (Å²) in [6, 6.07) is 8.35. The molecule has 2 aliphatic rings. The molecule has 1 saturated carbocycles. The van der Waals surface area contributed by atoms with Crippen LogP contribution < -0.4 is 0 Å². The van der Waals surface area contributed by atoms with Gasteiger partial charge in [-0.25, -0.2) is 4.98 Å². The molecule has 2 fully saturated rings. The molecule has 1 amide bonds. The average molecular weight is 300 g/mol. The fraction of sp³-hybridized carbons (Fsp3) is 0.529. The van der Waals surface area contributed by atoms with Crippen LogP contribution in [-0.2, 0) is 4.79 Å². The van der Waals surface area contributed by atoms with E-state index in [0.717, 1.165) is 37.9 Å². The molecule has 0 spiro atoms. The quantitative estimate of drug-likeness (QED) is 0.848. The van der Waals surface area contributed by atoms with Crippen LogP contribution in [0.5, 0.6) is 0 Å². The number of carbonyl (C=O) groups excluding carboxylic acids is 1. The number of rotatable bonds is 2. The number of benzene rings is 1. The molecule has 4 heteroatoms. The minimum absolute atomic E-state index is 0.323. The van der Waals surface area contributed by atoms with Gasteiger partial charge in [-0.2, -0.15) is 0 Å². The van der Waals surface area contributed by atoms with Crippen molar-refractivity contribution in [1.29, 1.82) is 0 Å². The summed E-state index contributed by atoms with van der Waals surface area (Å²) in [5.74, 6) is 1.86. The largest absolute Gasteiger partial charge is 0.342 e. The van der Waals surface area contributed by atoms with Crippen LogP contribution in [0, 0.1) is 11.8 Å². The maximum absolute atomic E-state index is 12.3. The Morgan fingerprint density at radius 1 is 1.29 bits per heavy atom. The number of para-hydroxylation sites is 1. The van der Waals surface area contributed by atoms with Gasteiger partial charge in [-0.1, -0.05) is 19.1 Å². The Labute approximate surface area is 129 Å². The number of fused-ring (bicyclic) bond motifs is 1. The van der Waals surface area contributed by atoms with E-state index in [9.17, 15) is 4.79 Å². The first-order valence-corrected chi connectivity index (χ1v) is 8.68. The van der Waals surface area contributed by atoms with E-state index in [1.54, 1.807) is 0 Å². The van der Waals surface area contributed by atoms with Gasteiger partial charge in [-0.15, -0.1) is 11.3 Å². The van der Waals surface area contributed by atoms with E-state index in [0.29, 0.717) is 23.7 Å². The van der Waals surface area contributed by atoms with Crippen LogP contribution in [0.3, 0.4) is 0 Å². The SMILES string of the molecule is CC1CC1C(=O)N1CCC(c2nc3ccccc3s2)CC1. The fourth-order valence-electron chi connectivity index (χ4n) is 3.31. The van der Waals surface area contributed by atoms with Crippen LogP contribution in [-0.4, -0.2) is 28.9 Å². The summed E-state index contributed by atoms with van der Waals surface area (Å²) < 4.78 is 1.28. The van der Waals surface area contributed by atoms with E-state index in [1.807, 2.05) is 17.4 Å². The van der Waals surface area contributed by atoms with Gasteiger partial charge in [0.25, 0.3) is 0 Å². The molecule has 1 aliphatic carbocycles. The van der Waals surface area contributed by atoms with E-state index in [2.05, 4.69) is 30.0 Å². The number of likely N-dealkylation sites (tertiary alicyclic amines) is 1. The summed E-state index contributed by atoms with van der Waals surface area (Å²) >= 11 is 1.82. The second-order valence-corrected chi connectivity index (χ2v) is 7.50. The fourth-order valence-corrected chi connectivity index (χ4v) is 4.45. The van der Waals surface area contributed by atoms with Crippen molar-refractivity contribution < 1.29 is 4.79 Å². The van der Waals surface area contributed by atoms with Crippen molar-refractivity contribution in [2.75, 3.05) is 13.1 Å². The third-order valence-electron chi connectivity index (χ3n) is 4.89. The summed E-state index contributed by atoms with van der Waals surface area (Å²) in [5, 5.41) is 1.25. The van der Waals surface area contributed by atoms with E-state index in [1.165, 1.54) is 9.71 Å². The molecule has 4 rings (SSSR count). The van der Waals surface area contributed by atoms with Crippen LogP contribution in [0.2, 0.25) is 0 Å². The highest BCUT2D eigenvalue weighted by molar-refractivity contribution is 7.18. The van der Waals surface area contributed by atoms with Gasteiger partial charge >= 0.3 is 0 Å². The first-order chi connectivity index (χ1) is 10.2. The molecule has 1 saturated heterocycles. The van der Waals surface area contributed by atoms with Crippen molar-refractivity contribution in [3.05, 3.63) is 29.3 Å². The van der Waals surface area contributed by atoms with Gasteiger partial charge in [-0.3, -0.25) is 4.79 Å². The maximum atomic E-state index is 12.3. The molecule has 0 bridgehead atoms. The van der Waals surface area contributed by atoms with Gasteiger partial charge in [0.2, 0.25) is 5.91 Å². The van der Waals surface area contributed by atoms with Crippen LogP contribution >= 0.6 is 11.3 Å². The molecular formula is C17H20N2OS. The van der Waals surface area contributed by atoms with Crippen molar-refractivity contribution in [1.82, 2.24) is 9.88 Å². The molecule has 1 aromatic heterocycles. The molecule has 1 aliphatic heterocycles. The zero-order valence-corrected chi connectivity index (χ0v) is 13.1. The lowest BCUT2D eigenvalue weighted by Crippen LogP contribution is -2.39. The molecule has 0 radical (unpaired) electrons. The number of amides is 1. The highest BCUT2D eigenvalue weighted by Crippen LogP contribution is 2.41. The van der Waals surface area contributed by atoms with Crippen LogP contribution in [0.4, 0.5) is 0 Å². The highest BCUT2D eigenvalue weighted by Gasteiger charge is 2.42. The van der Waals surface area contributed by atoms with Gasteiger partial charge in [0, 0.05) is 24.9 Å². The molecule has 2 unspecified atom stereocenters. The summed E-state index contributed by atoms with van der Waals surface area (Å²) in [5.41, 5.74) is 1.11. The number of thiazole rings is 1. The lowest BCUT2D eigenvalue weighted by atomic mass is 9.97. The number of hydrogen-bond donors (Lipinski definition) is 0. The lowest BCUT2D eigenvalue weighted by Gasteiger charge is -2.31. The number of nitrogens with zero attached hydrogens (tertiary/aromatic N) is 2. The van der Waals surface area contributed by atoms with Gasteiger partial charge in [0.05, 0.1) is 15.2 Å². The normalized spacial score (nSPS) is 26.2. The Balaban J connectivity index is 1.43. The summed E-state index contributed by atoms with van der Waals surface area (Å²) in [6.07, 6.45) is 3.22. The Hall–Kier alpha value is -1.42. The molecule has 2 heterocycles. The summed E-state index contributed by atoms with van der Waals surface area (Å²) in [7, 11) is 0. The van der Waals surface area contributed by atoms with Crippen molar-refractivity contribution >= 4 is 27.5 Å². The molecule has 3 nitrogen and oxygen atoms in total. The third-order valence-corrected chi connectivity index (χ3v) is 6.09. The van der Waals surface area contributed by atoms with Crippen molar-refractivity contribution in [2.24, 2.45) is 11.8 Å². The van der Waals surface area contributed by atoms with E-state index < -0.39 is 0 Å². The van der Waals surface area contributed by atoms with E-state index in [-0.39, 0.29) is 0 Å². The molecular weight excluding hydrogens is 280 g/mol. The smallest absolute Gasteiger partial charge is 0.225 e. The van der Waals surface area contributed by atoms with Crippen LogP contribution in [0.1, 0.15) is 37.1 Å². The monoisotopic (exact) mass is 300 g/mol. The number of hydrogen-bond acceptors (Lipinski definition) is 3. The molecule has 0 N–H and O–H groups in total. The number of piperidine rings is 1. The van der Waals surface area contributed by atoms with Crippen molar-refractivity contribution in [3.63, 3.8) is 0 Å². The molecule has 110 valence electrons. The molecule has 1 aromatic carbocycles. The number of carbonyl (C=O) groups is 1. The van der Waals surface area contributed by atoms with Gasteiger partial charge in [0.15, 0.2) is 0 Å². The minimum atomic E-state index is 0.323. The predicted molar refractivity (Wildman–Crippen MR) is 85.4 cm³/mol. The first kappa shape index (κ1) is 13.3. The van der Waals surface area contributed by atoms with Crippen molar-refractivity contribution in [3.8, 4) is 0 Å². The Bertz CT molecular complexity index is 639. The zero-order valence-electron chi connectivity index (χ0n) is 12.3. The summed E-state index contributed by atoms with van der Waals surface area (Å²) in [6.45, 7) is 3.99. The topological polar surface area (TPSA) is 33.2 Å². The highest BCUT2D eigenvalue weighted by atomic mass is 32.1. The minimum Gasteiger partial charge on any atom is -0.342 e. The Morgan fingerprint density at radius 3 is 2.67 bits per heavy atom. The van der Waals surface area contributed by atoms with E-state index in [4.69, 9.17) is 4.98 Å². The zero-order chi connectivity index (χ0) is 14.4. The van der Waals surface area contributed by atoms with Gasteiger partial charge in [-0.05, 0) is 37.3 Å². The molecule has 21 heavy (non-hydrogen) atoms. The van der Waals surface area contributed by atoms with Crippen LogP contribution in [0.25, 0.3) is 10.2 Å².